The summed E-state index contributed by atoms with van der Waals surface area (Å²) in [5.74, 6) is 0.706. The minimum absolute atomic E-state index is 0.463. The van der Waals surface area contributed by atoms with E-state index in [0.29, 0.717) is 12.0 Å². The average Bonchev–Trinajstić information content (AvgIpc) is 2.24. The van der Waals surface area contributed by atoms with E-state index in [1.165, 1.54) is 28.4 Å². The Hall–Kier alpha value is -0.340. The first-order valence-electron chi connectivity index (χ1n) is 6.54. The Labute approximate surface area is 114 Å². The van der Waals surface area contributed by atoms with Gasteiger partial charge >= 0.3 is 0 Å². The molecule has 0 aliphatic rings. The zero-order valence-corrected chi connectivity index (χ0v) is 13.0. The summed E-state index contributed by atoms with van der Waals surface area (Å²) < 4.78 is 1.23. The molecule has 17 heavy (non-hydrogen) atoms. The second-order valence-electron chi connectivity index (χ2n) is 5.16. The highest BCUT2D eigenvalue weighted by molar-refractivity contribution is 9.10. The monoisotopic (exact) mass is 297 g/mol. The van der Waals surface area contributed by atoms with E-state index in [1.807, 2.05) is 0 Å². The number of aryl methyl sites for hydroxylation is 1. The molecule has 1 unspecified atom stereocenters. The molecular weight excluding hydrogens is 274 g/mol. The van der Waals surface area contributed by atoms with Crippen molar-refractivity contribution in [1.82, 2.24) is 5.32 Å². The largest absolute Gasteiger partial charge is 0.310 e. The molecule has 1 atom stereocenters. The van der Waals surface area contributed by atoms with Gasteiger partial charge in [0.25, 0.3) is 0 Å². The number of hydrogen-bond donors (Lipinski definition) is 1. The van der Waals surface area contributed by atoms with Crippen LogP contribution >= 0.6 is 15.9 Å². The van der Waals surface area contributed by atoms with Gasteiger partial charge < -0.3 is 5.32 Å². The average molecular weight is 298 g/mol. The van der Waals surface area contributed by atoms with Crippen LogP contribution in [0, 0.1) is 12.8 Å². The lowest BCUT2D eigenvalue weighted by Crippen LogP contribution is -2.24. The summed E-state index contributed by atoms with van der Waals surface area (Å²) in [6.07, 6.45) is 2.36. The van der Waals surface area contributed by atoms with Gasteiger partial charge in [0.15, 0.2) is 0 Å². The first-order chi connectivity index (χ1) is 8.04. The van der Waals surface area contributed by atoms with Crippen molar-refractivity contribution in [3.05, 3.63) is 33.8 Å². The van der Waals surface area contributed by atoms with Crippen LogP contribution in [0.3, 0.4) is 0 Å². The Kier molecular flexibility index (Phi) is 6.21. The zero-order chi connectivity index (χ0) is 12.8. The van der Waals surface area contributed by atoms with Gasteiger partial charge in [-0.2, -0.15) is 0 Å². The fourth-order valence-corrected chi connectivity index (χ4v) is 2.79. The van der Waals surface area contributed by atoms with Gasteiger partial charge in [-0.25, -0.2) is 0 Å². The maximum atomic E-state index is 3.69. The summed E-state index contributed by atoms with van der Waals surface area (Å²) in [5, 5.41) is 3.65. The van der Waals surface area contributed by atoms with Crippen LogP contribution in [-0.2, 0) is 0 Å². The molecule has 0 radical (unpaired) electrons. The van der Waals surface area contributed by atoms with E-state index >= 15 is 0 Å². The second-order valence-corrected chi connectivity index (χ2v) is 6.02. The summed E-state index contributed by atoms with van der Waals surface area (Å²) in [4.78, 5) is 0. The molecule has 1 rings (SSSR count). The number of nitrogens with one attached hydrogen (secondary N) is 1. The van der Waals surface area contributed by atoms with Crippen LogP contribution in [0.4, 0.5) is 0 Å². The molecule has 0 fully saturated rings. The van der Waals surface area contributed by atoms with Crippen LogP contribution in [-0.4, -0.2) is 6.54 Å². The molecule has 0 saturated carbocycles. The van der Waals surface area contributed by atoms with Crippen molar-refractivity contribution in [2.45, 2.75) is 46.6 Å². The highest BCUT2D eigenvalue weighted by atomic mass is 79.9. The van der Waals surface area contributed by atoms with E-state index in [-0.39, 0.29) is 0 Å². The van der Waals surface area contributed by atoms with Crippen LogP contribution in [0.15, 0.2) is 22.7 Å². The van der Waals surface area contributed by atoms with Crippen LogP contribution in [0.25, 0.3) is 0 Å². The Bertz CT molecular complexity index is 347. The molecule has 0 aromatic heterocycles. The summed E-state index contributed by atoms with van der Waals surface area (Å²) in [5.41, 5.74) is 2.69. The minimum atomic E-state index is 0.463. The molecule has 2 heteroatoms. The van der Waals surface area contributed by atoms with Gasteiger partial charge in [0, 0.05) is 10.5 Å². The standard InChI is InChI=1S/C15H24BrN/c1-5-8-17-15(9-11(2)3)13-7-6-12(4)10-14(13)16/h6-7,10-11,15,17H,5,8-9H2,1-4H3. The van der Waals surface area contributed by atoms with Crippen molar-refractivity contribution in [1.29, 1.82) is 0 Å². The van der Waals surface area contributed by atoms with Gasteiger partial charge in [-0.15, -0.1) is 0 Å². The topological polar surface area (TPSA) is 12.0 Å². The molecule has 0 aliphatic heterocycles. The third-order valence-corrected chi connectivity index (χ3v) is 3.57. The Morgan fingerprint density at radius 3 is 2.53 bits per heavy atom. The maximum Gasteiger partial charge on any atom is 0.0333 e. The fourth-order valence-electron chi connectivity index (χ4n) is 2.02. The molecular formula is C15H24BrN. The third-order valence-electron chi connectivity index (χ3n) is 2.88. The first-order valence-corrected chi connectivity index (χ1v) is 7.33. The van der Waals surface area contributed by atoms with Crippen LogP contribution in [0.2, 0.25) is 0 Å². The summed E-state index contributed by atoms with van der Waals surface area (Å²) in [7, 11) is 0. The van der Waals surface area contributed by atoms with Gasteiger partial charge in [-0.05, 0) is 49.4 Å². The summed E-state index contributed by atoms with van der Waals surface area (Å²) in [6.45, 7) is 9.98. The maximum absolute atomic E-state index is 3.69. The minimum Gasteiger partial charge on any atom is -0.310 e. The lowest BCUT2D eigenvalue weighted by molar-refractivity contribution is 0.429. The second kappa shape index (κ2) is 7.17. The van der Waals surface area contributed by atoms with E-state index in [9.17, 15) is 0 Å². The Morgan fingerprint density at radius 2 is 2.00 bits per heavy atom. The first kappa shape index (κ1) is 14.7. The van der Waals surface area contributed by atoms with Gasteiger partial charge in [0.2, 0.25) is 0 Å². The Morgan fingerprint density at radius 1 is 1.29 bits per heavy atom. The van der Waals surface area contributed by atoms with Gasteiger partial charge in [0.1, 0.15) is 0 Å². The van der Waals surface area contributed by atoms with Crippen LogP contribution < -0.4 is 5.32 Å². The number of halogens is 1. The van der Waals surface area contributed by atoms with E-state index < -0.39 is 0 Å². The molecule has 1 N–H and O–H groups in total. The van der Waals surface area contributed by atoms with Gasteiger partial charge in [-0.3, -0.25) is 0 Å². The van der Waals surface area contributed by atoms with E-state index in [2.05, 4.69) is 67.1 Å². The van der Waals surface area contributed by atoms with Crippen molar-refractivity contribution in [3.63, 3.8) is 0 Å². The molecule has 1 aromatic carbocycles. The summed E-state index contributed by atoms with van der Waals surface area (Å²) in [6, 6.07) is 7.11. The molecule has 96 valence electrons. The number of hydrogen-bond acceptors (Lipinski definition) is 1. The summed E-state index contributed by atoms with van der Waals surface area (Å²) >= 11 is 3.69. The fraction of sp³-hybridized carbons (Fsp3) is 0.600. The van der Waals surface area contributed by atoms with Crippen molar-refractivity contribution in [2.24, 2.45) is 5.92 Å². The molecule has 0 aliphatic carbocycles. The molecule has 0 spiro atoms. The highest BCUT2D eigenvalue weighted by Gasteiger charge is 2.15. The molecule has 0 bridgehead atoms. The Balaban J connectivity index is 2.86. The molecule has 0 saturated heterocycles. The van der Waals surface area contributed by atoms with Crippen LogP contribution in [0.5, 0.6) is 0 Å². The van der Waals surface area contributed by atoms with E-state index in [0.717, 1.165) is 6.54 Å². The number of benzene rings is 1. The van der Waals surface area contributed by atoms with E-state index in [4.69, 9.17) is 0 Å². The van der Waals surface area contributed by atoms with Crippen LogP contribution in [0.1, 0.15) is 50.8 Å². The highest BCUT2D eigenvalue weighted by Crippen LogP contribution is 2.28. The smallest absolute Gasteiger partial charge is 0.0333 e. The number of rotatable bonds is 6. The normalized spacial score (nSPS) is 13.1. The zero-order valence-electron chi connectivity index (χ0n) is 11.4. The lowest BCUT2D eigenvalue weighted by Gasteiger charge is -2.22. The van der Waals surface area contributed by atoms with Gasteiger partial charge in [0.05, 0.1) is 0 Å². The van der Waals surface area contributed by atoms with E-state index in [1.54, 1.807) is 0 Å². The molecule has 0 amide bonds. The van der Waals surface area contributed by atoms with Crippen molar-refractivity contribution in [3.8, 4) is 0 Å². The SMILES string of the molecule is CCCNC(CC(C)C)c1ccc(C)cc1Br. The van der Waals surface area contributed by atoms with Crippen molar-refractivity contribution >= 4 is 15.9 Å². The predicted octanol–water partition coefficient (Wildman–Crippen LogP) is 4.84. The van der Waals surface area contributed by atoms with Crippen molar-refractivity contribution < 1.29 is 0 Å². The predicted molar refractivity (Wildman–Crippen MR) is 79.4 cm³/mol. The van der Waals surface area contributed by atoms with Crippen molar-refractivity contribution in [2.75, 3.05) is 6.54 Å². The molecule has 1 nitrogen and oxygen atoms in total. The quantitative estimate of drug-likeness (QED) is 0.792. The molecule has 0 heterocycles. The molecule has 1 aromatic rings. The van der Waals surface area contributed by atoms with Gasteiger partial charge in [-0.1, -0.05) is 48.8 Å². The lowest BCUT2D eigenvalue weighted by atomic mass is 9.96. The third kappa shape index (κ3) is 4.81.